The summed E-state index contributed by atoms with van der Waals surface area (Å²) in [7, 11) is 1.32. The number of rotatable bonds is 2. The second-order valence-electron chi connectivity index (χ2n) is 3.68. The summed E-state index contributed by atoms with van der Waals surface area (Å²) in [5, 5.41) is 0. The standard InChI is InChI=1S/C10H12IN3O4/c1-17-10(16)6-4-18-3-2-14(6)8-7(11)9(15)13-5-12-8/h5-6H,2-4H2,1H3,(H,12,13,15). The summed E-state index contributed by atoms with van der Waals surface area (Å²) >= 11 is 1.91. The first-order valence-electron chi connectivity index (χ1n) is 5.30. The van der Waals surface area contributed by atoms with Crippen LogP contribution in [0.4, 0.5) is 5.82 Å². The highest BCUT2D eigenvalue weighted by atomic mass is 127. The Labute approximate surface area is 117 Å². The van der Waals surface area contributed by atoms with Crippen molar-refractivity contribution in [2.75, 3.05) is 31.8 Å². The largest absolute Gasteiger partial charge is 0.467 e. The van der Waals surface area contributed by atoms with E-state index >= 15 is 0 Å². The number of nitrogens with zero attached hydrogens (tertiary/aromatic N) is 2. The minimum atomic E-state index is -0.563. The molecule has 1 aromatic heterocycles. The molecule has 1 N–H and O–H groups in total. The van der Waals surface area contributed by atoms with Crippen LogP contribution in [0.1, 0.15) is 0 Å². The van der Waals surface area contributed by atoms with Crippen LogP contribution < -0.4 is 10.5 Å². The van der Waals surface area contributed by atoms with Crippen LogP contribution in [0.25, 0.3) is 0 Å². The number of aromatic nitrogens is 2. The number of aromatic amines is 1. The summed E-state index contributed by atoms with van der Waals surface area (Å²) < 4.78 is 10.5. The van der Waals surface area contributed by atoms with E-state index in [1.165, 1.54) is 13.4 Å². The van der Waals surface area contributed by atoms with E-state index < -0.39 is 12.0 Å². The number of carbonyl (C=O) groups excluding carboxylic acids is 1. The average Bonchev–Trinajstić information content (AvgIpc) is 2.41. The third-order valence-electron chi connectivity index (χ3n) is 2.65. The molecule has 0 saturated carbocycles. The van der Waals surface area contributed by atoms with Gasteiger partial charge in [-0.2, -0.15) is 0 Å². The third kappa shape index (κ3) is 2.48. The van der Waals surface area contributed by atoms with Crippen molar-refractivity contribution in [1.29, 1.82) is 0 Å². The maximum absolute atomic E-state index is 11.7. The van der Waals surface area contributed by atoms with Gasteiger partial charge in [0.15, 0.2) is 6.04 Å². The molecule has 0 spiro atoms. The lowest BCUT2D eigenvalue weighted by Crippen LogP contribution is -2.51. The zero-order chi connectivity index (χ0) is 13.1. The Morgan fingerprint density at radius 2 is 2.50 bits per heavy atom. The van der Waals surface area contributed by atoms with E-state index in [0.29, 0.717) is 22.5 Å². The molecule has 1 aliphatic heterocycles. The minimum Gasteiger partial charge on any atom is -0.467 e. The van der Waals surface area contributed by atoms with Crippen LogP contribution in [-0.4, -0.2) is 48.8 Å². The molecule has 1 aliphatic rings. The molecule has 1 atom stereocenters. The number of esters is 1. The molecule has 0 aromatic carbocycles. The first-order valence-corrected chi connectivity index (χ1v) is 6.38. The van der Waals surface area contributed by atoms with Crippen LogP contribution >= 0.6 is 22.6 Å². The van der Waals surface area contributed by atoms with Gasteiger partial charge in [0.2, 0.25) is 0 Å². The lowest BCUT2D eigenvalue weighted by molar-refractivity contribution is -0.144. The van der Waals surface area contributed by atoms with E-state index in [-0.39, 0.29) is 12.2 Å². The van der Waals surface area contributed by atoms with Crippen molar-refractivity contribution >= 4 is 34.4 Å². The summed E-state index contributed by atoms with van der Waals surface area (Å²) in [5.41, 5.74) is -0.226. The smallest absolute Gasteiger partial charge is 0.330 e. The summed E-state index contributed by atoms with van der Waals surface area (Å²) in [6.45, 7) is 1.21. The van der Waals surface area contributed by atoms with Crippen molar-refractivity contribution in [1.82, 2.24) is 9.97 Å². The maximum Gasteiger partial charge on any atom is 0.330 e. The fourth-order valence-corrected chi connectivity index (χ4v) is 2.37. The van der Waals surface area contributed by atoms with Gasteiger partial charge >= 0.3 is 5.97 Å². The molecule has 1 saturated heterocycles. The highest BCUT2D eigenvalue weighted by Crippen LogP contribution is 2.21. The monoisotopic (exact) mass is 365 g/mol. The van der Waals surface area contributed by atoms with Gasteiger partial charge in [0, 0.05) is 6.54 Å². The van der Waals surface area contributed by atoms with Crippen LogP contribution in [0, 0.1) is 3.57 Å². The van der Waals surface area contributed by atoms with Crippen molar-refractivity contribution in [3.8, 4) is 0 Å². The van der Waals surface area contributed by atoms with E-state index in [0.717, 1.165) is 0 Å². The highest BCUT2D eigenvalue weighted by Gasteiger charge is 2.32. The van der Waals surface area contributed by atoms with Gasteiger partial charge in [-0.1, -0.05) is 0 Å². The molecule has 0 aliphatic carbocycles. The van der Waals surface area contributed by atoms with Gasteiger partial charge in [-0.3, -0.25) is 4.79 Å². The van der Waals surface area contributed by atoms with Crippen LogP contribution in [-0.2, 0) is 14.3 Å². The zero-order valence-corrected chi connectivity index (χ0v) is 11.8. The third-order valence-corrected chi connectivity index (χ3v) is 3.62. The predicted molar refractivity (Wildman–Crippen MR) is 71.5 cm³/mol. The number of morpholine rings is 1. The number of hydrogen-bond donors (Lipinski definition) is 1. The number of hydrogen-bond acceptors (Lipinski definition) is 6. The van der Waals surface area contributed by atoms with Crippen molar-refractivity contribution in [3.05, 3.63) is 20.3 Å². The van der Waals surface area contributed by atoms with Gasteiger partial charge in [0.05, 0.1) is 26.7 Å². The average molecular weight is 365 g/mol. The number of H-pyrrole nitrogens is 1. The normalized spacial score (nSPS) is 19.7. The quantitative estimate of drug-likeness (QED) is 0.575. The topological polar surface area (TPSA) is 84.5 Å². The Hall–Kier alpha value is -1.16. The molecule has 0 radical (unpaired) electrons. The molecule has 1 unspecified atom stereocenters. The summed E-state index contributed by atoms with van der Waals surface area (Å²) in [5.74, 6) is 0.0885. The van der Waals surface area contributed by atoms with Crippen molar-refractivity contribution < 1.29 is 14.3 Å². The second kappa shape index (κ2) is 5.65. The van der Waals surface area contributed by atoms with E-state index in [2.05, 4.69) is 9.97 Å². The fraction of sp³-hybridized carbons (Fsp3) is 0.500. The van der Waals surface area contributed by atoms with E-state index in [1.54, 1.807) is 4.90 Å². The van der Waals surface area contributed by atoms with Crippen molar-refractivity contribution in [2.24, 2.45) is 0 Å². The second-order valence-corrected chi connectivity index (χ2v) is 4.76. The van der Waals surface area contributed by atoms with Crippen LogP contribution in [0.2, 0.25) is 0 Å². The Kier molecular flexibility index (Phi) is 4.17. The molecule has 8 heteroatoms. The summed E-state index contributed by atoms with van der Waals surface area (Å²) in [6.07, 6.45) is 1.32. The molecule has 0 bridgehead atoms. The van der Waals surface area contributed by atoms with Gasteiger partial charge in [0.25, 0.3) is 5.56 Å². The summed E-state index contributed by atoms with van der Waals surface area (Å²) in [6, 6.07) is -0.563. The fourth-order valence-electron chi connectivity index (χ4n) is 1.76. The SMILES string of the molecule is COC(=O)C1COCCN1c1nc[nH]c(=O)c1I. The number of nitrogens with one attached hydrogen (secondary N) is 1. The lowest BCUT2D eigenvalue weighted by Gasteiger charge is -2.34. The van der Waals surface area contributed by atoms with E-state index in [4.69, 9.17) is 9.47 Å². The lowest BCUT2D eigenvalue weighted by atomic mass is 10.2. The van der Waals surface area contributed by atoms with Crippen LogP contribution in [0.15, 0.2) is 11.1 Å². The van der Waals surface area contributed by atoms with Gasteiger partial charge in [0.1, 0.15) is 9.39 Å². The number of carbonyl (C=O) groups is 1. The summed E-state index contributed by atoms with van der Waals surface area (Å²) in [4.78, 5) is 31.6. The Bertz CT molecular complexity index is 504. The van der Waals surface area contributed by atoms with Crippen molar-refractivity contribution in [3.63, 3.8) is 0 Å². The number of anilines is 1. The number of ether oxygens (including phenoxy) is 2. The molecular formula is C10H12IN3O4. The van der Waals surface area contributed by atoms with Gasteiger partial charge < -0.3 is 19.4 Å². The highest BCUT2D eigenvalue weighted by molar-refractivity contribution is 14.1. The zero-order valence-electron chi connectivity index (χ0n) is 9.68. The van der Waals surface area contributed by atoms with E-state index in [1.807, 2.05) is 22.6 Å². The number of halogens is 1. The minimum absolute atomic E-state index is 0.226. The Balaban J connectivity index is 2.37. The van der Waals surface area contributed by atoms with Crippen LogP contribution in [0.3, 0.4) is 0 Å². The van der Waals surface area contributed by atoms with Crippen LogP contribution in [0.5, 0.6) is 0 Å². The van der Waals surface area contributed by atoms with E-state index in [9.17, 15) is 9.59 Å². The van der Waals surface area contributed by atoms with Gasteiger partial charge in [-0.05, 0) is 22.6 Å². The predicted octanol–water partition coefficient (Wildman–Crippen LogP) is -0.247. The molecule has 1 fully saturated rings. The molecule has 1 aromatic rings. The first-order chi connectivity index (χ1) is 8.65. The molecule has 98 valence electrons. The molecule has 7 nitrogen and oxygen atoms in total. The number of methoxy groups -OCH3 is 1. The Morgan fingerprint density at radius 1 is 1.72 bits per heavy atom. The molecule has 18 heavy (non-hydrogen) atoms. The first kappa shape index (κ1) is 13.3. The molecule has 0 amide bonds. The molecule has 2 rings (SSSR count). The molecule has 2 heterocycles. The van der Waals surface area contributed by atoms with Crippen molar-refractivity contribution in [2.45, 2.75) is 6.04 Å². The van der Waals surface area contributed by atoms with Gasteiger partial charge in [-0.15, -0.1) is 0 Å². The molecular weight excluding hydrogens is 353 g/mol. The Morgan fingerprint density at radius 3 is 3.22 bits per heavy atom. The van der Waals surface area contributed by atoms with Gasteiger partial charge in [-0.25, -0.2) is 9.78 Å². The maximum atomic E-state index is 11.7.